The van der Waals surface area contributed by atoms with Gasteiger partial charge in [-0.3, -0.25) is 4.79 Å². The molecule has 1 N–H and O–H groups in total. The van der Waals surface area contributed by atoms with Crippen LogP contribution < -0.4 is 0 Å². The number of hydrogen-bond acceptors (Lipinski definition) is 3. The molecule has 2 aliphatic rings. The number of rotatable bonds is 3. The lowest BCUT2D eigenvalue weighted by Crippen LogP contribution is -2.50. The van der Waals surface area contributed by atoms with E-state index in [0.717, 1.165) is 59.6 Å². The molecule has 6 heteroatoms. The topological polar surface area (TPSA) is 64.1 Å². The lowest BCUT2D eigenvalue weighted by atomic mass is 9.84. The van der Waals surface area contributed by atoms with Crippen molar-refractivity contribution >= 4 is 12.0 Å². The Morgan fingerprint density at radius 2 is 1.45 bits per heavy atom. The monoisotopic (exact) mass is 421 g/mol. The Morgan fingerprint density at radius 1 is 0.871 bits per heavy atom. The van der Waals surface area contributed by atoms with Crippen LogP contribution in [0.1, 0.15) is 33.4 Å². The molecule has 0 radical (unpaired) electrons. The summed E-state index contributed by atoms with van der Waals surface area (Å²) in [5.41, 5.74) is 8.46. The number of likely N-dealkylation sites (N-methyl/N-ethyl adjacent to an activating group) is 1. The van der Waals surface area contributed by atoms with Crippen molar-refractivity contribution in [3.63, 3.8) is 0 Å². The van der Waals surface area contributed by atoms with Gasteiger partial charge in [-0.15, -0.1) is 0 Å². The summed E-state index contributed by atoms with van der Waals surface area (Å²) in [6.07, 6.45) is -0.0183. The maximum Gasteiger partial charge on any atom is 0.320 e. The number of amides is 2. The minimum atomic E-state index is -0.834. The van der Waals surface area contributed by atoms with Crippen molar-refractivity contribution in [1.29, 1.82) is 0 Å². The maximum atomic E-state index is 13.2. The predicted molar refractivity (Wildman–Crippen MR) is 121 cm³/mol. The largest absolute Gasteiger partial charge is 0.481 e. The zero-order valence-electron chi connectivity index (χ0n) is 18.9. The highest BCUT2D eigenvalue weighted by Crippen LogP contribution is 2.39. The fraction of sp³-hybridized carbons (Fsp3) is 0.440. The van der Waals surface area contributed by atoms with E-state index in [1.165, 1.54) is 11.1 Å². The SMILES string of the molecule is Cc1ccc(-c2c(C)c3c(c(C)c2CC(=O)O)CN(C(=O)N2CCN(C)CC2)C3)cc1. The second-order valence-corrected chi connectivity index (χ2v) is 8.93. The highest BCUT2D eigenvalue weighted by atomic mass is 16.4. The standard InChI is InChI=1S/C25H31N3O3/c1-16-5-7-19(8-6-16)24-18(3)22-15-28(25(31)27-11-9-26(4)10-12-27)14-21(22)17(2)20(24)13-23(29)30/h5-8H,9-15H2,1-4H3,(H,29,30). The summed E-state index contributed by atoms with van der Waals surface area (Å²) in [7, 11) is 2.08. The predicted octanol–water partition coefficient (Wildman–Crippen LogP) is 3.59. The quantitative estimate of drug-likeness (QED) is 0.823. The molecule has 0 saturated carbocycles. The minimum Gasteiger partial charge on any atom is -0.481 e. The van der Waals surface area contributed by atoms with E-state index in [9.17, 15) is 14.7 Å². The first-order valence-electron chi connectivity index (χ1n) is 10.9. The van der Waals surface area contributed by atoms with Crippen LogP contribution in [0.3, 0.4) is 0 Å². The number of fused-ring (bicyclic) bond motifs is 1. The lowest BCUT2D eigenvalue weighted by Gasteiger charge is -2.34. The van der Waals surface area contributed by atoms with E-state index in [2.05, 4.69) is 43.1 Å². The molecule has 2 amide bonds. The molecule has 0 bridgehead atoms. The number of aliphatic carboxylic acids is 1. The molecule has 0 aliphatic carbocycles. The van der Waals surface area contributed by atoms with E-state index in [4.69, 9.17) is 0 Å². The van der Waals surface area contributed by atoms with Crippen molar-refractivity contribution in [3.8, 4) is 11.1 Å². The van der Waals surface area contributed by atoms with Crippen LogP contribution in [0, 0.1) is 20.8 Å². The van der Waals surface area contributed by atoms with E-state index in [1.807, 2.05) is 23.6 Å². The average Bonchev–Trinajstić information content (AvgIpc) is 3.19. The third-order valence-corrected chi connectivity index (χ3v) is 6.81. The van der Waals surface area contributed by atoms with Gasteiger partial charge >= 0.3 is 12.0 Å². The Balaban J connectivity index is 1.73. The molecule has 0 aromatic heterocycles. The van der Waals surface area contributed by atoms with Crippen molar-refractivity contribution in [1.82, 2.24) is 14.7 Å². The van der Waals surface area contributed by atoms with Crippen LogP contribution in [-0.2, 0) is 24.3 Å². The Labute approximate surface area is 184 Å². The first-order chi connectivity index (χ1) is 14.8. The van der Waals surface area contributed by atoms with Crippen LogP contribution in [0.4, 0.5) is 4.79 Å². The van der Waals surface area contributed by atoms with Gasteiger partial charge in [-0.25, -0.2) is 4.79 Å². The van der Waals surface area contributed by atoms with Gasteiger partial charge in [0, 0.05) is 39.3 Å². The molecule has 0 atom stereocenters. The van der Waals surface area contributed by atoms with E-state index in [-0.39, 0.29) is 12.5 Å². The normalized spacial score (nSPS) is 16.5. The average molecular weight is 422 g/mol. The number of piperazine rings is 1. The van der Waals surface area contributed by atoms with Gasteiger partial charge in [-0.2, -0.15) is 0 Å². The Hall–Kier alpha value is -2.86. The van der Waals surface area contributed by atoms with Crippen LogP contribution in [0.25, 0.3) is 11.1 Å². The van der Waals surface area contributed by atoms with Gasteiger partial charge in [0.05, 0.1) is 6.42 Å². The van der Waals surface area contributed by atoms with Gasteiger partial charge in [-0.1, -0.05) is 29.8 Å². The first kappa shape index (κ1) is 21.4. The van der Waals surface area contributed by atoms with Crippen LogP contribution in [-0.4, -0.2) is 65.0 Å². The van der Waals surface area contributed by atoms with E-state index in [0.29, 0.717) is 13.1 Å². The summed E-state index contributed by atoms with van der Waals surface area (Å²) in [5, 5.41) is 9.60. The van der Waals surface area contributed by atoms with Crippen molar-refractivity contribution in [2.45, 2.75) is 40.3 Å². The van der Waals surface area contributed by atoms with Crippen molar-refractivity contribution in [3.05, 3.63) is 57.6 Å². The summed E-state index contributed by atoms with van der Waals surface area (Å²) in [5.74, 6) is -0.834. The number of nitrogens with zero attached hydrogens (tertiary/aromatic N) is 3. The van der Waals surface area contributed by atoms with Crippen molar-refractivity contribution in [2.75, 3.05) is 33.2 Å². The van der Waals surface area contributed by atoms with Gasteiger partial charge in [0.2, 0.25) is 0 Å². The Kier molecular flexibility index (Phi) is 5.75. The van der Waals surface area contributed by atoms with E-state index >= 15 is 0 Å². The number of benzene rings is 2. The zero-order valence-corrected chi connectivity index (χ0v) is 18.9. The number of urea groups is 1. The van der Waals surface area contributed by atoms with Crippen molar-refractivity contribution < 1.29 is 14.7 Å². The fourth-order valence-corrected chi connectivity index (χ4v) is 4.88. The zero-order chi connectivity index (χ0) is 22.3. The summed E-state index contributed by atoms with van der Waals surface area (Å²) in [6.45, 7) is 10.5. The molecule has 2 aromatic carbocycles. The molecule has 6 nitrogen and oxygen atoms in total. The molecule has 0 unspecified atom stereocenters. The number of aryl methyl sites for hydroxylation is 1. The third-order valence-electron chi connectivity index (χ3n) is 6.81. The van der Waals surface area contributed by atoms with Crippen molar-refractivity contribution in [2.24, 2.45) is 0 Å². The molecule has 2 heterocycles. The number of carbonyl (C=O) groups is 2. The molecule has 2 aliphatic heterocycles. The van der Waals surface area contributed by atoms with Crippen LogP contribution in [0.15, 0.2) is 24.3 Å². The smallest absolute Gasteiger partial charge is 0.320 e. The summed E-state index contributed by atoms with van der Waals surface area (Å²) in [6, 6.07) is 8.34. The van der Waals surface area contributed by atoms with Gasteiger partial charge < -0.3 is 19.8 Å². The molecule has 1 saturated heterocycles. The van der Waals surface area contributed by atoms with Crippen LogP contribution in [0.2, 0.25) is 0 Å². The minimum absolute atomic E-state index is 0.0183. The van der Waals surface area contributed by atoms with Crippen LogP contribution in [0.5, 0.6) is 0 Å². The van der Waals surface area contributed by atoms with E-state index in [1.54, 1.807) is 0 Å². The summed E-state index contributed by atoms with van der Waals surface area (Å²) >= 11 is 0. The van der Waals surface area contributed by atoms with E-state index < -0.39 is 5.97 Å². The molecule has 1 fully saturated rings. The molecule has 4 rings (SSSR count). The maximum absolute atomic E-state index is 13.2. The van der Waals surface area contributed by atoms with Gasteiger partial charge in [0.1, 0.15) is 0 Å². The molecule has 0 spiro atoms. The highest BCUT2D eigenvalue weighted by molar-refractivity contribution is 5.83. The Bertz CT molecular complexity index is 1020. The van der Waals surface area contributed by atoms with Crippen LogP contribution >= 0.6 is 0 Å². The number of carboxylic acids is 1. The molecule has 2 aromatic rings. The first-order valence-corrected chi connectivity index (χ1v) is 10.9. The van der Waals surface area contributed by atoms with Gasteiger partial charge in [0.15, 0.2) is 0 Å². The summed E-state index contributed by atoms with van der Waals surface area (Å²) in [4.78, 5) is 31.0. The fourth-order valence-electron chi connectivity index (χ4n) is 4.88. The second kappa shape index (κ2) is 8.35. The number of carbonyl (C=O) groups excluding carboxylic acids is 1. The van der Waals surface area contributed by atoms with Gasteiger partial charge in [-0.05, 0) is 66.8 Å². The lowest BCUT2D eigenvalue weighted by molar-refractivity contribution is -0.136. The number of hydrogen-bond donors (Lipinski definition) is 1. The molecule has 31 heavy (non-hydrogen) atoms. The summed E-state index contributed by atoms with van der Waals surface area (Å²) < 4.78 is 0. The molecular formula is C25H31N3O3. The molecular weight excluding hydrogens is 390 g/mol. The third kappa shape index (κ3) is 4.04. The number of carboxylic acid groups (broad SMARTS) is 1. The molecule has 164 valence electrons. The van der Waals surface area contributed by atoms with Gasteiger partial charge in [0.25, 0.3) is 0 Å². The highest BCUT2D eigenvalue weighted by Gasteiger charge is 2.33. The Morgan fingerprint density at radius 3 is 2.03 bits per heavy atom. The second-order valence-electron chi connectivity index (χ2n) is 8.93.